The first kappa shape index (κ1) is 23.9. The first-order valence-electron chi connectivity index (χ1n) is 9.64. The number of amides is 1. The van der Waals surface area contributed by atoms with Crippen molar-refractivity contribution in [1.82, 2.24) is 9.36 Å². The summed E-state index contributed by atoms with van der Waals surface area (Å²) in [6.07, 6.45) is 2.37. The van der Waals surface area contributed by atoms with Gasteiger partial charge >= 0.3 is 0 Å². The van der Waals surface area contributed by atoms with Crippen LogP contribution in [0.4, 0.5) is 5.13 Å². The van der Waals surface area contributed by atoms with E-state index in [0.717, 1.165) is 17.6 Å². The number of sulfone groups is 1. The smallest absolute Gasteiger partial charge is 0.268 e. The van der Waals surface area contributed by atoms with Gasteiger partial charge in [-0.3, -0.25) is 10.1 Å². The highest BCUT2D eigenvalue weighted by atomic mass is 32.2. The normalized spacial score (nSPS) is 11.5. The number of hydrogen-bond donors (Lipinski definition) is 1. The molecule has 170 valence electrons. The highest BCUT2D eigenvalue weighted by Gasteiger charge is 2.17. The van der Waals surface area contributed by atoms with Crippen molar-refractivity contribution in [1.29, 1.82) is 5.26 Å². The molecule has 1 N–H and O–H groups in total. The Bertz CT molecular complexity index is 1310. The lowest BCUT2D eigenvalue weighted by molar-refractivity contribution is -0.112. The number of nitrogens with zero attached hydrogens (tertiary/aromatic N) is 3. The minimum Gasteiger partial charge on any atom is -0.490 e. The lowest BCUT2D eigenvalue weighted by Gasteiger charge is -2.09. The summed E-state index contributed by atoms with van der Waals surface area (Å²) in [6.45, 7) is 2.73. The summed E-state index contributed by atoms with van der Waals surface area (Å²) in [5, 5.41) is 11.3. The van der Waals surface area contributed by atoms with Gasteiger partial charge in [0.1, 0.15) is 36.4 Å². The molecule has 11 heteroatoms. The minimum atomic E-state index is -3.58. The van der Waals surface area contributed by atoms with Gasteiger partial charge in [0.05, 0.1) is 0 Å². The van der Waals surface area contributed by atoms with Crippen molar-refractivity contribution in [3.63, 3.8) is 0 Å². The van der Waals surface area contributed by atoms with Crippen molar-refractivity contribution >= 4 is 38.5 Å². The maximum atomic E-state index is 12.3. The molecule has 0 aliphatic carbocycles. The van der Waals surface area contributed by atoms with Crippen molar-refractivity contribution in [2.75, 3.05) is 24.8 Å². The molecule has 1 amide bonds. The number of carbonyl (C=O) groups excluding carboxylic acids is 1. The van der Waals surface area contributed by atoms with Crippen LogP contribution in [0.3, 0.4) is 0 Å². The fourth-order valence-corrected chi connectivity index (χ4v) is 4.01. The summed E-state index contributed by atoms with van der Waals surface area (Å²) in [7, 11) is -3.58. The van der Waals surface area contributed by atoms with E-state index in [2.05, 4.69) is 14.7 Å². The molecule has 3 aromatic rings. The molecule has 0 radical (unpaired) electrons. The third kappa shape index (κ3) is 7.13. The van der Waals surface area contributed by atoms with Crippen LogP contribution in [0.1, 0.15) is 11.1 Å². The zero-order valence-electron chi connectivity index (χ0n) is 17.8. The lowest BCUT2D eigenvalue weighted by Crippen LogP contribution is -2.13. The van der Waals surface area contributed by atoms with E-state index in [1.165, 1.54) is 6.08 Å². The summed E-state index contributed by atoms with van der Waals surface area (Å²) >= 11 is 0.714. The molecule has 1 heterocycles. The third-order valence-electron chi connectivity index (χ3n) is 4.13. The van der Waals surface area contributed by atoms with Crippen molar-refractivity contribution in [2.24, 2.45) is 0 Å². The molecular weight excluding hydrogens is 464 g/mol. The Labute approximate surface area is 195 Å². The Morgan fingerprint density at radius 1 is 1.15 bits per heavy atom. The molecular formula is C22H20N4O5S2. The SMILES string of the molecule is Cc1cccc(OCCOc2ccc(/C=C(/C#N)C(=O)Nc3nc(S(C)(=O)=O)ns3)cc2)c1. The zero-order valence-corrected chi connectivity index (χ0v) is 19.4. The Hall–Kier alpha value is -3.75. The quantitative estimate of drug-likeness (QED) is 0.278. The number of ether oxygens (including phenoxy) is 2. The molecule has 0 aliphatic heterocycles. The maximum absolute atomic E-state index is 12.3. The third-order valence-corrected chi connectivity index (χ3v) is 5.72. The van der Waals surface area contributed by atoms with Crippen LogP contribution in [0.2, 0.25) is 0 Å². The van der Waals surface area contributed by atoms with Crippen LogP contribution in [0.15, 0.2) is 59.3 Å². The van der Waals surface area contributed by atoms with Gasteiger partial charge in [-0.15, -0.1) is 0 Å². The van der Waals surface area contributed by atoms with Crippen LogP contribution < -0.4 is 14.8 Å². The number of nitrogens with one attached hydrogen (secondary N) is 1. The fraction of sp³-hybridized carbons (Fsp3) is 0.182. The number of benzene rings is 2. The average Bonchev–Trinajstić information content (AvgIpc) is 3.25. The zero-order chi connectivity index (χ0) is 23.8. The van der Waals surface area contributed by atoms with Gasteiger partial charge < -0.3 is 9.47 Å². The topological polar surface area (TPSA) is 131 Å². The molecule has 2 aromatic carbocycles. The number of rotatable bonds is 9. The second-order valence-corrected chi connectivity index (χ2v) is 9.52. The van der Waals surface area contributed by atoms with Gasteiger partial charge in [-0.25, -0.2) is 8.42 Å². The average molecular weight is 485 g/mol. The Kier molecular flexibility index (Phi) is 7.76. The number of aromatic nitrogens is 2. The number of anilines is 1. The number of carbonyl (C=O) groups is 1. The van der Waals surface area contributed by atoms with E-state index in [-0.39, 0.29) is 15.9 Å². The number of aryl methyl sites for hydroxylation is 1. The van der Waals surface area contributed by atoms with E-state index in [4.69, 9.17) is 9.47 Å². The predicted octanol–water partition coefficient (Wildman–Crippen LogP) is 3.25. The molecule has 0 bridgehead atoms. The molecule has 0 saturated heterocycles. The lowest BCUT2D eigenvalue weighted by atomic mass is 10.1. The highest BCUT2D eigenvalue weighted by molar-refractivity contribution is 7.90. The first-order chi connectivity index (χ1) is 15.7. The second-order valence-electron chi connectivity index (χ2n) is 6.86. The van der Waals surface area contributed by atoms with Crippen LogP contribution >= 0.6 is 11.5 Å². The molecule has 0 saturated carbocycles. The van der Waals surface area contributed by atoms with Crippen molar-refractivity contribution in [3.05, 3.63) is 65.2 Å². The number of nitriles is 1. The van der Waals surface area contributed by atoms with E-state index in [1.807, 2.05) is 37.3 Å². The van der Waals surface area contributed by atoms with Crippen molar-refractivity contribution in [3.8, 4) is 17.6 Å². The van der Waals surface area contributed by atoms with Crippen LogP contribution in [0, 0.1) is 18.3 Å². The highest BCUT2D eigenvalue weighted by Crippen LogP contribution is 2.18. The molecule has 0 fully saturated rings. The molecule has 33 heavy (non-hydrogen) atoms. The first-order valence-corrected chi connectivity index (χ1v) is 12.3. The molecule has 0 aliphatic rings. The largest absolute Gasteiger partial charge is 0.490 e. The van der Waals surface area contributed by atoms with Gasteiger partial charge in [-0.2, -0.15) is 14.6 Å². The van der Waals surface area contributed by atoms with E-state index >= 15 is 0 Å². The molecule has 9 nitrogen and oxygen atoms in total. The van der Waals surface area contributed by atoms with Gasteiger partial charge in [0, 0.05) is 17.8 Å². The van der Waals surface area contributed by atoms with Crippen LogP contribution in [-0.2, 0) is 14.6 Å². The van der Waals surface area contributed by atoms with E-state index in [1.54, 1.807) is 24.3 Å². The van der Waals surface area contributed by atoms with Crippen LogP contribution in [-0.4, -0.2) is 43.2 Å². The van der Waals surface area contributed by atoms with Crippen molar-refractivity contribution in [2.45, 2.75) is 12.1 Å². The molecule has 0 unspecified atom stereocenters. The molecule has 0 atom stereocenters. The summed E-state index contributed by atoms with van der Waals surface area (Å²) in [6, 6.07) is 16.4. The Morgan fingerprint density at radius 2 is 1.85 bits per heavy atom. The van der Waals surface area contributed by atoms with Gasteiger partial charge in [-0.05, 0) is 48.4 Å². The van der Waals surface area contributed by atoms with Gasteiger partial charge in [0.25, 0.3) is 11.1 Å². The molecule has 0 spiro atoms. The van der Waals surface area contributed by atoms with Crippen LogP contribution in [0.25, 0.3) is 6.08 Å². The molecule has 3 rings (SSSR count). The summed E-state index contributed by atoms with van der Waals surface area (Å²) in [5.41, 5.74) is 1.55. The summed E-state index contributed by atoms with van der Waals surface area (Å²) in [5.74, 6) is 0.676. The summed E-state index contributed by atoms with van der Waals surface area (Å²) in [4.78, 5) is 16.1. The standard InChI is InChI=1S/C22H20N4O5S2/c1-15-4-3-5-19(12-15)31-11-10-30-18-8-6-16(7-9-18)13-17(14-23)20(27)24-21-25-22(26-32-21)33(2,28)29/h3-9,12-13H,10-11H2,1-2H3,(H,24,25,26,27)/b17-13-. The minimum absolute atomic E-state index is 0.0156. The Balaban J connectivity index is 1.55. The molecule has 1 aromatic heterocycles. The van der Waals surface area contributed by atoms with E-state index < -0.39 is 15.7 Å². The predicted molar refractivity (Wildman–Crippen MR) is 124 cm³/mol. The number of hydrogen-bond acceptors (Lipinski definition) is 9. The van der Waals surface area contributed by atoms with E-state index in [0.29, 0.717) is 36.1 Å². The monoisotopic (exact) mass is 484 g/mol. The van der Waals surface area contributed by atoms with Crippen LogP contribution in [0.5, 0.6) is 11.5 Å². The van der Waals surface area contributed by atoms with Gasteiger partial charge in [-0.1, -0.05) is 24.3 Å². The van der Waals surface area contributed by atoms with E-state index in [9.17, 15) is 18.5 Å². The van der Waals surface area contributed by atoms with Gasteiger partial charge in [0.15, 0.2) is 0 Å². The van der Waals surface area contributed by atoms with Gasteiger partial charge in [0.2, 0.25) is 15.0 Å². The fourth-order valence-electron chi connectivity index (χ4n) is 2.58. The van der Waals surface area contributed by atoms with Crippen molar-refractivity contribution < 1.29 is 22.7 Å². The maximum Gasteiger partial charge on any atom is 0.268 e. The summed E-state index contributed by atoms with van der Waals surface area (Å²) < 4.78 is 37.8. The second kappa shape index (κ2) is 10.7. The Morgan fingerprint density at radius 3 is 2.45 bits per heavy atom.